The van der Waals surface area contributed by atoms with E-state index < -0.39 is 0 Å². The lowest BCUT2D eigenvalue weighted by Crippen LogP contribution is -1.87. The first-order chi connectivity index (χ1) is 8.66. The third kappa shape index (κ3) is 2.83. The Balaban J connectivity index is 2.33. The second kappa shape index (κ2) is 5.27. The Morgan fingerprint density at radius 1 is 1.11 bits per heavy atom. The molecule has 0 radical (unpaired) electrons. The van der Waals surface area contributed by atoms with E-state index in [1.54, 1.807) is 12.1 Å². The Hall–Kier alpha value is -2.42. The van der Waals surface area contributed by atoms with Gasteiger partial charge in [-0.05, 0) is 23.6 Å². The number of nitro benzene ring substituents is 1. The van der Waals surface area contributed by atoms with Crippen molar-refractivity contribution in [1.29, 1.82) is 0 Å². The average Bonchev–Trinajstić information content (AvgIpc) is 2.40. The summed E-state index contributed by atoms with van der Waals surface area (Å²) in [7, 11) is 0. The number of rotatable bonds is 3. The van der Waals surface area contributed by atoms with E-state index in [1.807, 2.05) is 49.4 Å². The summed E-state index contributed by atoms with van der Waals surface area (Å²) < 4.78 is 0. The molecule has 0 saturated carbocycles. The van der Waals surface area contributed by atoms with E-state index in [0.717, 1.165) is 16.7 Å². The fourth-order valence-electron chi connectivity index (χ4n) is 1.76. The van der Waals surface area contributed by atoms with Crippen molar-refractivity contribution < 1.29 is 4.92 Å². The van der Waals surface area contributed by atoms with Crippen molar-refractivity contribution in [1.82, 2.24) is 0 Å². The van der Waals surface area contributed by atoms with Crippen LogP contribution in [0, 0.1) is 10.1 Å². The molecule has 0 atom stereocenters. The number of benzene rings is 2. The van der Waals surface area contributed by atoms with Crippen LogP contribution < -0.4 is 0 Å². The van der Waals surface area contributed by atoms with Crippen LogP contribution in [0.1, 0.15) is 18.1 Å². The summed E-state index contributed by atoms with van der Waals surface area (Å²) in [6.45, 7) is 1.99. The summed E-state index contributed by atoms with van der Waals surface area (Å²) in [4.78, 5) is 10.3. The van der Waals surface area contributed by atoms with Crippen molar-refractivity contribution in [2.24, 2.45) is 0 Å². The Labute approximate surface area is 106 Å². The van der Waals surface area contributed by atoms with E-state index >= 15 is 0 Å². The van der Waals surface area contributed by atoms with E-state index in [4.69, 9.17) is 0 Å². The zero-order valence-corrected chi connectivity index (χ0v) is 10.0. The van der Waals surface area contributed by atoms with Crippen molar-refractivity contribution in [3.05, 3.63) is 75.8 Å². The molecule has 0 aliphatic carbocycles. The smallest absolute Gasteiger partial charge is 0.258 e. The van der Waals surface area contributed by atoms with Crippen molar-refractivity contribution in [2.45, 2.75) is 6.92 Å². The zero-order valence-electron chi connectivity index (χ0n) is 10.0. The maximum atomic E-state index is 10.7. The van der Waals surface area contributed by atoms with Gasteiger partial charge in [-0.1, -0.05) is 48.5 Å². The minimum Gasteiger partial charge on any atom is -0.258 e. The molecule has 0 bridgehead atoms. The third-order valence-electron chi connectivity index (χ3n) is 2.69. The highest BCUT2D eigenvalue weighted by Gasteiger charge is 2.04. The average molecular weight is 239 g/mol. The second-order valence-electron chi connectivity index (χ2n) is 4.05. The van der Waals surface area contributed by atoms with Crippen LogP contribution >= 0.6 is 0 Å². The van der Waals surface area contributed by atoms with Gasteiger partial charge < -0.3 is 0 Å². The molecule has 90 valence electrons. The van der Waals surface area contributed by atoms with E-state index in [1.165, 1.54) is 6.07 Å². The molecule has 3 nitrogen and oxygen atoms in total. The van der Waals surface area contributed by atoms with Crippen LogP contribution in [-0.4, -0.2) is 4.92 Å². The first-order valence-electron chi connectivity index (χ1n) is 5.65. The molecule has 0 heterocycles. The van der Waals surface area contributed by atoms with Gasteiger partial charge in [0.05, 0.1) is 4.92 Å². The number of hydrogen-bond acceptors (Lipinski definition) is 2. The van der Waals surface area contributed by atoms with E-state index in [9.17, 15) is 10.1 Å². The van der Waals surface area contributed by atoms with Gasteiger partial charge in [-0.15, -0.1) is 0 Å². The fourth-order valence-corrected chi connectivity index (χ4v) is 1.76. The van der Waals surface area contributed by atoms with Crippen LogP contribution in [0.4, 0.5) is 5.69 Å². The quantitative estimate of drug-likeness (QED) is 0.458. The molecule has 3 heteroatoms. The highest BCUT2D eigenvalue weighted by molar-refractivity contribution is 5.80. The van der Waals surface area contributed by atoms with Gasteiger partial charge in [0.1, 0.15) is 0 Å². The predicted octanol–water partition coefficient (Wildman–Crippen LogP) is 4.16. The molecular formula is C15H13NO2. The molecule has 0 saturated heterocycles. The minimum atomic E-state index is -0.380. The summed E-state index contributed by atoms with van der Waals surface area (Å²) in [5.41, 5.74) is 3.15. The second-order valence-corrected chi connectivity index (χ2v) is 4.05. The molecule has 2 aromatic rings. The van der Waals surface area contributed by atoms with E-state index in [2.05, 4.69) is 0 Å². The van der Waals surface area contributed by atoms with Crippen molar-refractivity contribution in [2.75, 3.05) is 0 Å². The highest BCUT2D eigenvalue weighted by Crippen LogP contribution is 2.20. The van der Waals surface area contributed by atoms with E-state index in [0.29, 0.717) is 0 Å². The Bertz CT molecular complexity index is 588. The summed E-state index contributed by atoms with van der Waals surface area (Å²) >= 11 is 0. The first-order valence-corrected chi connectivity index (χ1v) is 5.65. The standard InChI is InChI=1S/C15H13NO2/c1-12(14-7-3-2-4-8-14)10-13-6-5-9-15(11-13)16(17)18/h2-11H,1H3/b12-10+. The van der Waals surface area contributed by atoms with Crippen LogP contribution in [-0.2, 0) is 0 Å². The van der Waals surface area contributed by atoms with Crippen molar-refractivity contribution >= 4 is 17.3 Å². The van der Waals surface area contributed by atoms with Crippen molar-refractivity contribution in [3.8, 4) is 0 Å². The summed E-state index contributed by atoms with van der Waals surface area (Å²) in [6, 6.07) is 16.6. The highest BCUT2D eigenvalue weighted by atomic mass is 16.6. The Kier molecular flexibility index (Phi) is 3.53. The number of nitro groups is 1. The summed E-state index contributed by atoms with van der Waals surface area (Å²) in [5, 5.41) is 10.7. The topological polar surface area (TPSA) is 43.1 Å². The fraction of sp³-hybridized carbons (Fsp3) is 0.0667. The number of allylic oxidation sites excluding steroid dienone is 1. The molecule has 0 aromatic heterocycles. The zero-order chi connectivity index (χ0) is 13.0. The van der Waals surface area contributed by atoms with E-state index in [-0.39, 0.29) is 10.6 Å². The van der Waals surface area contributed by atoms with Gasteiger partial charge in [0.2, 0.25) is 0 Å². The first kappa shape index (κ1) is 12.0. The molecule has 2 rings (SSSR count). The number of non-ortho nitro benzene ring substituents is 1. The SMILES string of the molecule is C/C(=C\c1cccc([N+](=O)[O-])c1)c1ccccc1. The maximum absolute atomic E-state index is 10.7. The van der Waals surface area contributed by atoms with Crippen LogP contribution in [0.15, 0.2) is 54.6 Å². The lowest BCUT2D eigenvalue weighted by Gasteiger charge is -2.01. The largest absolute Gasteiger partial charge is 0.270 e. The van der Waals surface area contributed by atoms with Crippen LogP contribution in [0.25, 0.3) is 11.6 Å². The van der Waals surface area contributed by atoms with Gasteiger partial charge in [-0.3, -0.25) is 10.1 Å². The molecule has 0 aliphatic rings. The number of hydrogen-bond donors (Lipinski definition) is 0. The van der Waals surface area contributed by atoms with Gasteiger partial charge in [-0.25, -0.2) is 0 Å². The molecule has 0 spiro atoms. The normalized spacial score (nSPS) is 11.3. The van der Waals surface area contributed by atoms with Gasteiger partial charge in [-0.2, -0.15) is 0 Å². The lowest BCUT2D eigenvalue weighted by atomic mass is 10.0. The van der Waals surface area contributed by atoms with Gasteiger partial charge in [0.15, 0.2) is 0 Å². The Morgan fingerprint density at radius 3 is 2.50 bits per heavy atom. The van der Waals surface area contributed by atoms with Crippen molar-refractivity contribution in [3.63, 3.8) is 0 Å². The summed E-state index contributed by atoms with van der Waals surface area (Å²) in [5.74, 6) is 0. The van der Waals surface area contributed by atoms with Gasteiger partial charge >= 0.3 is 0 Å². The Morgan fingerprint density at radius 2 is 1.83 bits per heavy atom. The summed E-state index contributed by atoms with van der Waals surface area (Å²) in [6.07, 6.45) is 1.95. The number of nitrogens with zero attached hydrogens (tertiary/aromatic N) is 1. The molecule has 0 fully saturated rings. The maximum Gasteiger partial charge on any atom is 0.270 e. The molecule has 2 aromatic carbocycles. The lowest BCUT2D eigenvalue weighted by molar-refractivity contribution is -0.384. The van der Waals surface area contributed by atoms with Gasteiger partial charge in [0, 0.05) is 12.1 Å². The monoisotopic (exact) mass is 239 g/mol. The third-order valence-corrected chi connectivity index (χ3v) is 2.69. The molecule has 0 aliphatic heterocycles. The molecule has 0 unspecified atom stereocenters. The molecule has 18 heavy (non-hydrogen) atoms. The minimum absolute atomic E-state index is 0.115. The van der Waals surface area contributed by atoms with Crippen LogP contribution in [0.2, 0.25) is 0 Å². The van der Waals surface area contributed by atoms with Crippen LogP contribution in [0.5, 0.6) is 0 Å². The van der Waals surface area contributed by atoms with Crippen LogP contribution in [0.3, 0.4) is 0 Å². The molecule has 0 N–H and O–H groups in total. The van der Waals surface area contributed by atoms with Gasteiger partial charge in [0.25, 0.3) is 5.69 Å². The molecular weight excluding hydrogens is 226 g/mol. The molecule has 0 amide bonds. The predicted molar refractivity (Wildman–Crippen MR) is 73.1 cm³/mol.